The van der Waals surface area contributed by atoms with Crippen LogP contribution in [0.1, 0.15) is 11.3 Å². The van der Waals surface area contributed by atoms with E-state index in [0.29, 0.717) is 0 Å². The summed E-state index contributed by atoms with van der Waals surface area (Å²) in [7, 11) is 0. The van der Waals surface area contributed by atoms with E-state index >= 15 is 0 Å². The summed E-state index contributed by atoms with van der Waals surface area (Å²) in [6, 6.07) is 12.8. The molecular formula is C16H14N2S. The first-order valence-electron chi connectivity index (χ1n) is 6.58. The Morgan fingerprint density at radius 3 is 2.95 bits per heavy atom. The molecule has 0 amide bonds. The van der Waals surface area contributed by atoms with Gasteiger partial charge in [0.2, 0.25) is 0 Å². The molecule has 0 fully saturated rings. The normalized spacial score (nSPS) is 14.5. The lowest BCUT2D eigenvalue weighted by molar-refractivity contribution is 0.634. The maximum Gasteiger partial charge on any atom is 0.0712 e. The smallest absolute Gasteiger partial charge is 0.0712 e. The van der Waals surface area contributed by atoms with Crippen molar-refractivity contribution in [3.63, 3.8) is 0 Å². The van der Waals surface area contributed by atoms with Crippen molar-refractivity contribution in [2.45, 2.75) is 13.0 Å². The zero-order valence-corrected chi connectivity index (χ0v) is 11.3. The topological polar surface area (TPSA) is 24.9 Å². The Balaban J connectivity index is 2.12. The highest BCUT2D eigenvalue weighted by Crippen LogP contribution is 2.36. The molecule has 0 bridgehead atoms. The molecule has 0 atom stereocenters. The number of nitrogens with zero attached hydrogens (tertiary/aromatic N) is 1. The van der Waals surface area contributed by atoms with Gasteiger partial charge in [-0.2, -0.15) is 0 Å². The van der Waals surface area contributed by atoms with Crippen molar-refractivity contribution in [3.05, 3.63) is 53.0 Å². The van der Waals surface area contributed by atoms with Gasteiger partial charge in [-0.1, -0.05) is 24.3 Å². The van der Waals surface area contributed by atoms with Crippen molar-refractivity contribution < 1.29 is 0 Å². The van der Waals surface area contributed by atoms with Crippen molar-refractivity contribution >= 4 is 22.2 Å². The molecule has 3 heterocycles. The van der Waals surface area contributed by atoms with Crippen molar-refractivity contribution in [1.82, 2.24) is 10.3 Å². The van der Waals surface area contributed by atoms with Gasteiger partial charge in [-0.05, 0) is 23.1 Å². The van der Waals surface area contributed by atoms with Gasteiger partial charge in [0.25, 0.3) is 0 Å². The van der Waals surface area contributed by atoms with Gasteiger partial charge in [-0.25, -0.2) is 0 Å². The fraction of sp³-hybridized carbons (Fsp3) is 0.188. The molecule has 2 aromatic heterocycles. The molecule has 0 unspecified atom stereocenters. The molecule has 0 aliphatic carbocycles. The summed E-state index contributed by atoms with van der Waals surface area (Å²) in [5.74, 6) is 0. The van der Waals surface area contributed by atoms with Gasteiger partial charge in [0.15, 0.2) is 0 Å². The van der Waals surface area contributed by atoms with Crippen molar-refractivity contribution in [3.8, 4) is 10.4 Å². The first-order chi connectivity index (χ1) is 9.43. The summed E-state index contributed by atoms with van der Waals surface area (Å²) in [5, 5.41) is 6.89. The zero-order chi connectivity index (χ0) is 12.7. The molecule has 19 heavy (non-hydrogen) atoms. The van der Waals surface area contributed by atoms with E-state index in [1.54, 1.807) is 0 Å². The standard InChI is InChI=1S/C16H14N2S/c1-2-5-13-11(4-1)16(15-6-3-9-19-15)12-10-17-8-7-14(12)18-13/h1-6,9,17H,7-8,10H2. The third-order valence-corrected chi connectivity index (χ3v) is 4.57. The molecule has 94 valence electrons. The molecule has 1 N–H and O–H groups in total. The summed E-state index contributed by atoms with van der Waals surface area (Å²) in [5.41, 5.74) is 5.14. The third-order valence-electron chi connectivity index (χ3n) is 3.69. The molecule has 2 nitrogen and oxygen atoms in total. The Morgan fingerprint density at radius 2 is 2.05 bits per heavy atom. The predicted octanol–water partition coefficient (Wildman–Crippen LogP) is 3.61. The van der Waals surface area contributed by atoms with Gasteiger partial charge >= 0.3 is 0 Å². The number of fused-ring (bicyclic) bond motifs is 2. The number of pyridine rings is 1. The lowest BCUT2D eigenvalue weighted by Crippen LogP contribution is -2.25. The molecule has 0 saturated carbocycles. The van der Waals surface area contributed by atoms with Crippen LogP contribution >= 0.6 is 11.3 Å². The third kappa shape index (κ3) is 1.78. The molecule has 0 radical (unpaired) electrons. The molecule has 3 heteroatoms. The summed E-state index contributed by atoms with van der Waals surface area (Å²) < 4.78 is 0. The largest absolute Gasteiger partial charge is 0.312 e. The fourth-order valence-electron chi connectivity index (χ4n) is 2.82. The molecule has 4 rings (SSSR count). The van der Waals surface area contributed by atoms with Crippen LogP contribution in [-0.4, -0.2) is 11.5 Å². The van der Waals surface area contributed by atoms with Crippen LogP contribution in [0.15, 0.2) is 41.8 Å². The lowest BCUT2D eigenvalue weighted by Gasteiger charge is -2.21. The van der Waals surface area contributed by atoms with E-state index in [1.165, 1.54) is 27.1 Å². The van der Waals surface area contributed by atoms with Gasteiger partial charge in [0.05, 0.1) is 5.52 Å². The van der Waals surface area contributed by atoms with Crippen LogP contribution in [-0.2, 0) is 13.0 Å². The van der Waals surface area contributed by atoms with Crippen LogP contribution in [0.4, 0.5) is 0 Å². The van der Waals surface area contributed by atoms with Gasteiger partial charge in [0.1, 0.15) is 0 Å². The van der Waals surface area contributed by atoms with Crippen LogP contribution < -0.4 is 5.32 Å². The number of hydrogen-bond acceptors (Lipinski definition) is 3. The highest BCUT2D eigenvalue weighted by atomic mass is 32.1. The first kappa shape index (κ1) is 11.1. The van der Waals surface area contributed by atoms with E-state index in [2.05, 4.69) is 47.1 Å². The minimum atomic E-state index is 0.931. The molecule has 0 saturated heterocycles. The predicted molar refractivity (Wildman–Crippen MR) is 80.5 cm³/mol. The van der Waals surface area contributed by atoms with Gasteiger partial charge < -0.3 is 5.32 Å². The van der Waals surface area contributed by atoms with E-state index in [0.717, 1.165) is 25.0 Å². The summed E-state index contributed by atoms with van der Waals surface area (Å²) in [6.07, 6.45) is 1.03. The van der Waals surface area contributed by atoms with E-state index in [1.807, 2.05) is 11.3 Å². The fourth-order valence-corrected chi connectivity index (χ4v) is 3.63. The molecule has 3 aromatic rings. The van der Waals surface area contributed by atoms with Gasteiger partial charge in [-0.15, -0.1) is 11.3 Å². The van der Waals surface area contributed by atoms with Crippen molar-refractivity contribution in [2.75, 3.05) is 6.54 Å². The first-order valence-corrected chi connectivity index (χ1v) is 7.46. The van der Waals surface area contributed by atoms with E-state index < -0.39 is 0 Å². The SMILES string of the molecule is c1csc(-c2c3c(nc4ccccc24)CCNC3)c1. The quantitative estimate of drug-likeness (QED) is 0.728. The highest BCUT2D eigenvalue weighted by Gasteiger charge is 2.19. The average Bonchev–Trinajstić information content (AvgIpc) is 2.98. The maximum atomic E-state index is 4.85. The average molecular weight is 266 g/mol. The van der Waals surface area contributed by atoms with E-state index in [4.69, 9.17) is 4.98 Å². The number of thiophene rings is 1. The highest BCUT2D eigenvalue weighted by molar-refractivity contribution is 7.13. The molecular weight excluding hydrogens is 252 g/mol. The number of para-hydroxylation sites is 1. The Hall–Kier alpha value is -1.71. The van der Waals surface area contributed by atoms with Crippen LogP contribution in [0.5, 0.6) is 0 Å². The van der Waals surface area contributed by atoms with Crippen LogP contribution in [0.2, 0.25) is 0 Å². The maximum absolute atomic E-state index is 4.85. The van der Waals surface area contributed by atoms with Crippen molar-refractivity contribution in [2.24, 2.45) is 0 Å². The lowest BCUT2D eigenvalue weighted by atomic mass is 9.96. The van der Waals surface area contributed by atoms with Crippen LogP contribution in [0.25, 0.3) is 21.3 Å². The number of hydrogen-bond donors (Lipinski definition) is 1. The zero-order valence-electron chi connectivity index (χ0n) is 10.5. The Morgan fingerprint density at radius 1 is 1.11 bits per heavy atom. The molecule has 1 aromatic carbocycles. The Labute approximate surface area is 116 Å². The van der Waals surface area contributed by atoms with Crippen LogP contribution in [0, 0.1) is 0 Å². The molecule has 1 aliphatic heterocycles. The second-order valence-electron chi connectivity index (χ2n) is 4.83. The second kappa shape index (κ2) is 4.44. The number of rotatable bonds is 1. The Kier molecular flexibility index (Phi) is 2.60. The monoisotopic (exact) mass is 266 g/mol. The Bertz CT molecular complexity index is 732. The second-order valence-corrected chi connectivity index (χ2v) is 5.78. The van der Waals surface area contributed by atoms with Crippen LogP contribution in [0.3, 0.4) is 0 Å². The van der Waals surface area contributed by atoms with E-state index in [-0.39, 0.29) is 0 Å². The number of aromatic nitrogens is 1. The minimum absolute atomic E-state index is 0.931. The number of benzene rings is 1. The molecule has 0 spiro atoms. The number of nitrogens with one attached hydrogen (secondary N) is 1. The molecule has 1 aliphatic rings. The van der Waals surface area contributed by atoms with Gasteiger partial charge in [0, 0.05) is 41.0 Å². The van der Waals surface area contributed by atoms with Crippen molar-refractivity contribution in [1.29, 1.82) is 0 Å². The summed E-state index contributed by atoms with van der Waals surface area (Å²) in [4.78, 5) is 6.20. The van der Waals surface area contributed by atoms with E-state index in [9.17, 15) is 0 Å². The summed E-state index contributed by atoms with van der Waals surface area (Å²) in [6.45, 7) is 1.96. The van der Waals surface area contributed by atoms with Gasteiger partial charge in [-0.3, -0.25) is 4.98 Å². The summed E-state index contributed by atoms with van der Waals surface area (Å²) >= 11 is 1.81. The minimum Gasteiger partial charge on any atom is -0.312 e.